The van der Waals surface area contributed by atoms with Gasteiger partial charge in [0.25, 0.3) is 5.91 Å². The standard InChI is InChI=1S/C13H12N4O/c1-17-9-15-8-12(17)13(18)16-7-11-4-2-3-10(5-11)6-14/h2-5,8-9H,7H2,1H3,(H,16,18). The highest BCUT2D eigenvalue weighted by Gasteiger charge is 2.08. The first-order valence-electron chi connectivity index (χ1n) is 5.44. The Hall–Kier alpha value is -2.61. The molecule has 1 aromatic carbocycles. The number of rotatable bonds is 3. The van der Waals surface area contributed by atoms with Crippen molar-refractivity contribution >= 4 is 5.91 Å². The Bertz CT molecular complexity index is 609. The smallest absolute Gasteiger partial charge is 0.269 e. The number of hydrogen-bond acceptors (Lipinski definition) is 3. The molecule has 1 aromatic heterocycles. The molecule has 0 bridgehead atoms. The molecular weight excluding hydrogens is 228 g/mol. The summed E-state index contributed by atoms with van der Waals surface area (Å²) >= 11 is 0. The van der Waals surface area contributed by atoms with Gasteiger partial charge < -0.3 is 9.88 Å². The number of nitrogens with zero attached hydrogens (tertiary/aromatic N) is 3. The Kier molecular flexibility index (Phi) is 3.39. The summed E-state index contributed by atoms with van der Waals surface area (Å²) in [6.45, 7) is 0.388. The average Bonchev–Trinajstić information content (AvgIpc) is 2.82. The summed E-state index contributed by atoms with van der Waals surface area (Å²) in [5.41, 5.74) is 1.98. The van der Waals surface area contributed by atoms with Crippen molar-refractivity contribution in [3.8, 4) is 6.07 Å². The molecule has 0 aliphatic heterocycles. The van der Waals surface area contributed by atoms with Gasteiger partial charge in [0.1, 0.15) is 5.69 Å². The van der Waals surface area contributed by atoms with Crippen LogP contribution in [0, 0.1) is 11.3 Å². The predicted molar refractivity (Wildman–Crippen MR) is 65.5 cm³/mol. The van der Waals surface area contributed by atoms with Crippen molar-refractivity contribution in [2.75, 3.05) is 0 Å². The fourth-order valence-electron chi connectivity index (χ4n) is 1.60. The topological polar surface area (TPSA) is 70.7 Å². The van der Waals surface area contributed by atoms with Gasteiger partial charge in [0.15, 0.2) is 0 Å². The molecule has 0 spiro atoms. The third kappa shape index (κ3) is 2.55. The van der Waals surface area contributed by atoms with Gasteiger partial charge in [-0.1, -0.05) is 12.1 Å². The summed E-state index contributed by atoms with van der Waals surface area (Å²) < 4.78 is 1.65. The Labute approximate surface area is 105 Å². The van der Waals surface area contributed by atoms with E-state index in [0.717, 1.165) is 5.56 Å². The Morgan fingerprint density at radius 2 is 2.39 bits per heavy atom. The van der Waals surface area contributed by atoms with E-state index in [1.165, 1.54) is 6.20 Å². The molecule has 0 fully saturated rings. The van der Waals surface area contributed by atoms with Crippen molar-refractivity contribution in [3.05, 3.63) is 53.6 Å². The van der Waals surface area contributed by atoms with Gasteiger partial charge in [-0.15, -0.1) is 0 Å². The van der Waals surface area contributed by atoms with E-state index in [2.05, 4.69) is 16.4 Å². The van der Waals surface area contributed by atoms with Crippen LogP contribution in [0.25, 0.3) is 0 Å². The second-order valence-corrected chi connectivity index (χ2v) is 3.88. The minimum Gasteiger partial charge on any atom is -0.347 e. The van der Waals surface area contributed by atoms with E-state index in [0.29, 0.717) is 17.8 Å². The highest BCUT2D eigenvalue weighted by atomic mass is 16.1. The first kappa shape index (κ1) is 11.9. The quantitative estimate of drug-likeness (QED) is 0.876. The Morgan fingerprint density at radius 1 is 1.56 bits per heavy atom. The van der Waals surface area contributed by atoms with Crippen LogP contribution >= 0.6 is 0 Å². The zero-order valence-electron chi connectivity index (χ0n) is 9.92. The van der Waals surface area contributed by atoms with E-state index in [1.54, 1.807) is 36.1 Å². The van der Waals surface area contributed by atoms with E-state index in [-0.39, 0.29) is 5.91 Å². The number of amides is 1. The molecule has 1 N–H and O–H groups in total. The number of nitriles is 1. The minimum absolute atomic E-state index is 0.183. The van der Waals surface area contributed by atoms with Crippen molar-refractivity contribution < 1.29 is 4.79 Å². The predicted octanol–water partition coefficient (Wildman–Crippen LogP) is 1.22. The lowest BCUT2D eigenvalue weighted by atomic mass is 10.1. The van der Waals surface area contributed by atoms with Crippen LogP contribution in [0.15, 0.2) is 36.8 Å². The summed E-state index contributed by atoms with van der Waals surface area (Å²) in [5, 5.41) is 11.6. The highest BCUT2D eigenvalue weighted by Crippen LogP contribution is 2.04. The molecule has 0 saturated heterocycles. The van der Waals surface area contributed by atoms with E-state index in [4.69, 9.17) is 5.26 Å². The summed E-state index contributed by atoms with van der Waals surface area (Å²) in [6.07, 6.45) is 3.09. The fourth-order valence-corrected chi connectivity index (χ4v) is 1.60. The second kappa shape index (κ2) is 5.15. The van der Waals surface area contributed by atoms with Crippen LogP contribution in [0.1, 0.15) is 21.6 Å². The lowest BCUT2D eigenvalue weighted by molar-refractivity contribution is 0.0942. The normalized spacial score (nSPS) is 9.78. The molecule has 5 nitrogen and oxygen atoms in total. The third-order valence-corrected chi connectivity index (χ3v) is 2.56. The van der Waals surface area contributed by atoms with Crippen LogP contribution in [0.3, 0.4) is 0 Å². The Morgan fingerprint density at radius 3 is 3.06 bits per heavy atom. The molecule has 0 saturated carbocycles. The molecule has 0 radical (unpaired) electrons. The summed E-state index contributed by atoms with van der Waals surface area (Å²) in [7, 11) is 1.76. The van der Waals surface area contributed by atoms with Crippen LogP contribution in [-0.4, -0.2) is 15.5 Å². The number of hydrogen-bond donors (Lipinski definition) is 1. The molecule has 90 valence electrons. The number of imidazole rings is 1. The number of aryl methyl sites for hydroxylation is 1. The van der Waals surface area contributed by atoms with Crippen LogP contribution in [0.2, 0.25) is 0 Å². The minimum atomic E-state index is -0.183. The molecule has 1 amide bonds. The molecule has 0 atom stereocenters. The molecule has 2 rings (SSSR count). The molecule has 0 aliphatic carbocycles. The lowest BCUT2D eigenvalue weighted by Crippen LogP contribution is -2.24. The van der Waals surface area contributed by atoms with Crippen molar-refractivity contribution in [2.24, 2.45) is 7.05 Å². The lowest BCUT2D eigenvalue weighted by Gasteiger charge is -2.05. The van der Waals surface area contributed by atoms with Crippen molar-refractivity contribution in [2.45, 2.75) is 6.54 Å². The maximum Gasteiger partial charge on any atom is 0.269 e. The summed E-state index contributed by atoms with van der Waals surface area (Å²) in [6, 6.07) is 9.21. The first-order valence-corrected chi connectivity index (χ1v) is 5.44. The molecule has 1 heterocycles. The second-order valence-electron chi connectivity index (χ2n) is 3.88. The van der Waals surface area contributed by atoms with Crippen LogP contribution in [0.5, 0.6) is 0 Å². The molecule has 18 heavy (non-hydrogen) atoms. The Balaban J connectivity index is 2.02. The van der Waals surface area contributed by atoms with Gasteiger partial charge in [0.05, 0.1) is 24.2 Å². The number of carbonyl (C=O) groups is 1. The van der Waals surface area contributed by atoms with Gasteiger partial charge in [-0.3, -0.25) is 4.79 Å². The van der Waals surface area contributed by atoms with Crippen LogP contribution < -0.4 is 5.32 Å². The zero-order chi connectivity index (χ0) is 13.0. The SMILES string of the molecule is Cn1cncc1C(=O)NCc1cccc(C#N)c1. The van der Waals surface area contributed by atoms with E-state index in [1.807, 2.05) is 6.07 Å². The summed E-state index contributed by atoms with van der Waals surface area (Å²) in [5.74, 6) is -0.183. The number of benzene rings is 1. The van der Waals surface area contributed by atoms with Crippen molar-refractivity contribution in [3.63, 3.8) is 0 Å². The van der Waals surface area contributed by atoms with Crippen molar-refractivity contribution in [1.29, 1.82) is 5.26 Å². The van der Waals surface area contributed by atoms with E-state index in [9.17, 15) is 4.79 Å². The van der Waals surface area contributed by atoms with E-state index < -0.39 is 0 Å². The first-order chi connectivity index (χ1) is 8.70. The van der Waals surface area contributed by atoms with Crippen LogP contribution in [-0.2, 0) is 13.6 Å². The summed E-state index contributed by atoms with van der Waals surface area (Å²) in [4.78, 5) is 15.7. The number of carbonyl (C=O) groups excluding carboxylic acids is 1. The van der Waals surface area contributed by atoms with Gasteiger partial charge in [0.2, 0.25) is 0 Å². The fraction of sp³-hybridized carbons (Fsp3) is 0.154. The molecular formula is C13H12N4O. The zero-order valence-corrected chi connectivity index (χ0v) is 9.92. The van der Waals surface area contributed by atoms with Gasteiger partial charge in [-0.2, -0.15) is 5.26 Å². The van der Waals surface area contributed by atoms with Gasteiger partial charge in [-0.05, 0) is 17.7 Å². The van der Waals surface area contributed by atoms with E-state index >= 15 is 0 Å². The van der Waals surface area contributed by atoms with Crippen LogP contribution in [0.4, 0.5) is 0 Å². The largest absolute Gasteiger partial charge is 0.347 e. The molecule has 2 aromatic rings. The van der Waals surface area contributed by atoms with Gasteiger partial charge in [-0.25, -0.2) is 4.98 Å². The number of aromatic nitrogens is 2. The third-order valence-electron chi connectivity index (χ3n) is 2.56. The molecule has 0 aliphatic rings. The average molecular weight is 240 g/mol. The maximum atomic E-state index is 11.8. The number of nitrogens with one attached hydrogen (secondary N) is 1. The van der Waals surface area contributed by atoms with Crippen molar-refractivity contribution in [1.82, 2.24) is 14.9 Å². The maximum absolute atomic E-state index is 11.8. The van der Waals surface area contributed by atoms with Gasteiger partial charge in [0, 0.05) is 13.6 Å². The molecule has 0 unspecified atom stereocenters. The van der Waals surface area contributed by atoms with Gasteiger partial charge >= 0.3 is 0 Å². The highest BCUT2D eigenvalue weighted by molar-refractivity contribution is 5.92. The monoisotopic (exact) mass is 240 g/mol. The molecule has 5 heteroatoms.